The van der Waals surface area contributed by atoms with Gasteiger partial charge in [0.25, 0.3) is 0 Å². The first-order valence-corrected chi connectivity index (χ1v) is 8.23. The molecule has 0 aliphatic rings. The highest BCUT2D eigenvalue weighted by Crippen LogP contribution is 2.21. The summed E-state index contributed by atoms with van der Waals surface area (Å²) in [5, 5.41) is 7.34. The average Bonchev–Trinajstić information content (AvgIpc) is 2.57. The van der Waals surface area contributed by atoms with Crippen LogP contribution in [0.4, 0.5) is 5.69 Å². The molecule has 0 heterocycles. The van der Waals surface area contributed by atoms with Gasteiger partial charge in [-0.25, -0.2) is 0 Å². The SMILES string of the molecule is CC[C@@H](NC(=S)Nc1cccc(C)c1C)c1ccc(OC)cc1. The van der Waals surface area contributed by atoms with Crippen LogP contribution in [0.5, 0.6) is 5.75 Å². The van der Waals surface area contributed by atoms with Crippen LogP contribution in [0, 0.1) is 13.8 Å². The minimum absolute atomic E-state index is 0.172. The van der Waals surface area contributed by atoms with Crippen molar-refractivity contribution < 1.29 is 4.74 Å². The van der Waals surface area contributed by atoms with Gasteiger partial charge in [0.1, 0.15) is 5.75 Å². The predicted molar refractivity (Wildman–Crippen MR) is 101 cm³/mol. The normalized spacial score (nSPS) is 11.7. The van der Waals surface area contributed by atoms with Gasteiger partial charge >= 0.3 is 0 Å². The summed E-state index contributed by atoms with van der Waals surface area (Å²) >= 11 is 5.48. The van der Waals surface area contributed by atoms with Crippen LogP contribution >= 0.6 is 12.2 Å². The Bertz CT molecular complexity index is 668. The van der Waals surface area contributed by atoms with Gasteiger partial charge in [0.05, 0.1) is 13.2 Å². The molecule has 0 saturated heterocycles. The number of rotatable bonds is 5. The lowest BCUT2D eigenvalue weighted by Gasteiger charge is -2.21. The van der Waals surface area contributed by atoms with E-state index >= 15 is 0 Å². The molecular weight excluding hydrogens is 304 g/mol. The van der Waals surface area contributed by atoms with Crippen molar-refractivity contribution in [2.75, 3.05) is 12.4 Å². The van der Waals surface area contributed by atoms with Crippen molar-refractivity contribution in [2.24, 2.45) is 0 Å². The Balaban J connectivity index is 2.05. The molecule has 0 saturated carbocycles. The van der Waals surface area contributed by atoms with Gasteiger partial charge in [-0.15, -0.1) is 0 Å². The fourth-order valence-electron chi connectivity index (χ4n) is 2.46. The zero-order valence-corrected chi connectivity index (χ0v) is 15.0. The van der Waals surface area contributed by atoms with Crippen molar-refractivity contribution in [3.63, 3.8) is 0 Å². The fraction of sp³-hybridized carbons (Fsp3) is 0.316. The number of nitrogens with one attached hydrogen (secondary N) is 2. The largest absolute Gasteiger partial charge is 0.497 e. The van der Waals surface area contributed by atoms with Gasteiger partial charge in [0.2, 0.25) is 0 Å². The average molecular weight is 328 g/mol. The maximum absolute atomic E-state index is 5.48. The molecule has 0 spiro atoms. The second-order valence-corrected chi connectivity index (χ2v) is 5.99. The lowest BCUT2D eigenvalue weighted by Crippen LogP contribution is -2.32. The molecule has 2 rings (SSSR count). The first-order valence-electron chi connectivity index (χ1n) is 7.82. The van der Waals surface area contributed by atoms with Crippen LogP contribution in [0.15, 0.2) is 42.5 Å². The van der Waals surface area contributed by atoms with Gasteiger partial charge in [-0.3, -0.25) is 0 Å². The smallest absolute Gasteiger partial charge is 0.171 e. The molecule has 2 aromatic rings. The van der Waals surface area contributed by atoms with Crippen molar-refractivity contribution in [3.8, 4) is 5.75 Å². The molecule has 0 aliphatic carbocycles. The molecule has 3 nitrogen and oxygen atoms in total. The van der Waals surface area contributed by atoms with Crippen molar-refractivity contribution in [2.45, 2.75) is 33.2 Å². The van der Waals surface area contributed by atoms with E-state index in [1.165, 1.54) is 16.7 Å². The van der Waals surface area contributed by atoms with Gasteiger partial charge < -0.3 is 15.4 Å². The third kappa shape index (κ3) is 4.45. The van der Waals surface area contributed by atoms with Gasteiger partial charge in [0.15, 0.2) is 5.11 Å². The Labute approximate surface area is 144 Å². The van der Waals surface area contributed by atoms with E-state index in [9.17, 15) is 0 Å². The quantitative estimate of drug-likeness (QED) is 0.776. The molecule has 2 aromatic carbocycles. The zero-order valence-electron chi connectivity index (χ0n) is 14.1. The summed E-state index contributed by atoms with van der Waals surface area (Å²) in [6.45, 7) is 6.34. The van der Waals surface area contributed by atoms with E-state index in [4.69, 9.17) is 17.0 Å². The molecule has 4 heteroatoms. The minimum Gasteiger partial charge on any atom is -0.497 e. The number of hydrogen-bond donors (Lipinski definition) is 2. The standard InChI is InChI=1S/C19H24N2OS/c1-5-17(15-9-11-16(22-4)12-10-15)20-19(23)21-18-8-6-7-13(2)14(18)3/h6-12,17H,5H2,1-4H3,(H2,20,21,23)/t17-/m1/s1. The summed E-state index contributed by atoms with van der Waals surface area (Å²) in [7, 11) is 1.67. The Morgan fingerprint density at radius 1 is 1.13 bits per heavy atom. The Hall–Kier alpha value is -2.07. The van der Waals surface area contributed by atoms with E-state index in [-0.39, 0.29) is 6.04 Å². The highest BCUT2D eigenvalue weighted by molar-refractivity contribution is 7.80. The Morgan fingerprint density at radius 2 is 1.83 bits per heavy atom. The summed E-state index contributed by atoms with van der Waals surface area (Å²) in [5.41, 5.74) is 4.71. The number of ether oxygens (including phenoxy) is 1. The van der Waals surface area contributed by atoms with Crippen LogP contribution in [0.25, 0.3) is 0 Å². The fourth-order valence-corrected chi connectivity index (χ4v) is 2.71. The zero-order chi connectivity index (χ0) is 16.8. The summed E-state index contributed by atoms with van der Waals surface area (Å²) in [6, 6.07) is 14.4. The first-order chi connectivity index (χ1) is 11.0. The van der Waals surface area contributed by atoms with Gasteiger partial charge in [-0.2, -0.15) is 0 Å². The molecule has 0 amide bonds. The van der Waals surface area contributed by atoms with Gasteiger partial charge in [-0.1, -0.05) is 31.2 Å². The molecule has 0 aromatic heterocycles. The molecule has 1 atom stereocenters. The van der Waals surface area contributed by atoms with Crippen LogP contribution in [0.2, 0.25) is 0 Å². The third-order valence-corrected chi connectivity index (χ3v) is 4.30. The predicted octanol–water partition coefficient (Wildman–Crippen LogP) is 4.75. The van der Waals surface area contributed by atoms with Crippen molar-refractivity contribution in [1.82, 2.24) is 5.32 Å². The van der Waals surface area contributed by atoms with Crippen LogP contribution in [-0.2, 0) is 0 Å². The summed E-state index contributed by atoms with van der Waals surface area (Å²) < 4.78 is 5.21. The number of hydrogen-bond acceptors (Lipinski definition) is 2. The highest BCUT2D eigenvalue weighted by Gasteiger charge is 2.11. The monoisotopic (exact) mass is 328 g/mol. The molecule has 122 valence electrons. The maximum Gasteiger partial charge on any atom is 0.171 e. The van der Waals surface area contributed by atoms with Crippen molar-refractivity contribution in [3.05, 3.63) is 59.2 Å². The van der Waals surface area contributed by atoms with Gasteiger partial charge in [0, 0.05) is 5.69 Å². The van der Waals surface area contributed by atoms with Crippen LogP contribution < -0.4 is 15.4 Å². The molecule has 0 radical (unpaired) electrons. The molecule has 0 fully saturated rings. The maximum atomic E-state index is 5.48. The second-order valence-electron chi connectivity index (χ2n) is 5.58. The number of aryl methyl sites for hydroxylation is 1. The lowest BCUT2D eigenvalue weighted by atomic mass is 10.0. The third-order valence-electron chi connectivity index (χ3n) is 4.08. The molecule has 2 N–H and O–H groups in total. The van der Waals surface area contributed by atoms with E-state index in [1.807, 2.05) is 24.3 Å². The second kappa shape index (κ2) is 7.97. The topological polar surface area (TPSA) is 33.3 Å². The lowest BCUT2D eigenvalue weighted by molar-refractivity contribution is 0.414. The number of thiocarbonyl (C=S) groups is 1. The van der Waals surface area contributed by atoms with Crippen LogP contribution in [0.1, 0.15) is 36.1 Å². The summed E-state index contributed by atoms with van der Waals surface area (Å²) in [6.07, 6.45) is 0.945. The van der Waals surface area contributed by atoms with Crippen molar-refractivity contribution >= 4 is 23.0 Å². The number of methoxy groups -OCH3 is 1. The molecule has 0 bridgehead atoms. The molecule has 0 aliphatic heterocycles. The molecule has 0 unspecified atom stereocenters. The first kappa shape index (κ1) is 17.3. The highest BCUT2D eigenvalue weighted by atomic mass is 32.1. The Kier molecular flexibility index (Phi) is 5.99. The minimum atomic E-state index is 0.172. The number of benzene rings is 2. The number of anilines is 1. The summed E-state index contributed by atoms with van der Waals surface area (Å²) in [5.74, 6) is 0.861. The van der Waals surface area contributed by atoms with E-state index in [0.29, 0.717) is 5.11 Å². The molecule has 23 heavy (non-hydrogen) atoms. The van der Waals surface area contributed by atoms with E-state index in [1.54, 1.807) is 7.11 Å². The van der Waals surface area contributed by atoms with Crippen molar-refractivity contribution in [1.29, 1.82) is 0 Å². The summed E-state index contributed by atoms with van der Waals surface area (Å²) in [4.78, 5) is 0. The van der Waals surface area contributed by atoms with Crippen LogP contribution in [-0.4, -0.2) is 12.2 Å². The Morgan fingerprint density at radius 3 is 2.43 bits per heavy atom. The van der Waals surface area contributed by atoms with E-state index < -0.39 is 0 Å². The van der Waals surface area contributed by atoms with Gasteiger partial charge in [-0.05, 0) is 67.4 Å². The van der Waals surface area contributed by atoms with E-state index in [0.717, 1.165) is 17.9 Å². The molecular formula is C19H24N2OS. The van der Waals surface area contributed by atoms with Crippen LogP contribution in [0.3, 0.4) is 0 Å². The van der Waals surface area contributed by atoms with E-state index in [2.05, 4.69) is 49.6 Å².